The zero-order chi connectivity index (χ0) is 11.5. The smallest absolute Gasteiger partial charge is 0.120 e. The van der Waals surface area contributed by atoms with Crippen LogP contribution in [0, 0.1) is 5.92 Å². The molecule has 2 rings (SSSR count). The average Bonchev–Trinajstić information content (AvgIpc) is 2.27. The lowest BCUT2D eigenvalue weighted by molar-refractivity contribution is 0.328. The molecular weight excluding hydrogens is 271 g/mol. The predicted octanol–water partition coefficient (Wildman–Crippen LogP) is 2.68. The summed E-state index contributed by atoms with van der Waals surface area (Å²) < 4.78 is 5.22. The van der Waals surface area contributed by atoms with Gasteiger partial charge in [0.15, 0.2) is 0 Å². The Morgan fingerprint density at radius 1 is 1.33 bits per heavy atom. The summed E-state index contributed by atoms with van der Waals surface area (Å²) in [5.41, 5.74) is 2.63. The van der Waals surface area contributed by atoms with E-state index in [9.17, 15) is 0 Å². The molecule has 104 valence electrons. The van der Waals surface area contributed by atoms with Crippen molar-refractivity contribution in [2.45, 2.75) is 6.42 Å². The number of benzene rings is 1. The van der Waals surface area contributed by atoms with Gasteiger partial charge in [0.2, 0.25) is 0 Å². The van der Waals surface area contributed by atoms with Gasteiger partial charge in [0.1, 0.15) is 5.75 Å². The summed E-state index contributed by atoms with van der Waals surface area (Å²) in [5.74, 6) is 1.63. The van der Waals surface area contributed by atoms with Crippen molar-refractivity contribution in [2.75, 3.05) is 39.6 Å². The van der Waals surface area contributed by atoms with Crippen LogP contribution in [-0.2, 0) is 6.42 Å². The van der Waals surface area contributed by atoms with Crippen molar-refractivity contribution in [2.24, 2.45) is 5.92 Å². The van der Waals surface area contributed by atoms with Crippen LogP contribution in [0.4, 0.5) is 5.69 Å². The lowest BCUT2D eigenvalue weighted by Crippen LogP contribution is -2.31. The van der Waals surface area contributed by atoms with Gasteiger partial charge >= 0.3 is 0 Å². The second-order valence-corrected chi connectivity index (χ2v) is 4.74. The Morgan fingerprint density at radius 3 is 2.67 bits per heavy atom. The van der Waals surface area contributed by atoms with Crippen molar-refractivity contribution in [3.8, 4) is 5.75 Å². The molecule has 0 radical (unpaired) electrons. The molecular formula is C13H22Cl2N2O. The minimum absolute atomic E-state index is 0. The summed E-state index contributed by atoms with van der Waals surface area (Å²) in [7, 11) is 5.96. The maximum absolute atomic E-state index is 5.22. The quantitative estimate of drug-likeness (QED) is 0.927. The highest BCUT2D eigenvalue weighted by atomic mass is 35.5. The van der Waals surface area contributed by atoms with Crippen LogP contribution in [0.15, 0.2) is 18.2 Å². The summed E-state index contributed by atoms with van der Waals surface area (Å²) >= 11 is 0. The van der Waals surface area contributed by atoms with Gasteiger partial charge in [-0.05, 0) is 38.1 Å². The largest absolute Gasteiger partial charge is 0.497 e. The van der Waals surface area contributed by atoms with E-state index in [1.54, 1.807) is 7.11 Å². The van der Waals surface area contributed by atoms with Crippen molar-refractivity contribution in [1.82, 2.24) is 4.90 Å². The minimum atomic E-state index is 0. The topological polar surface area (TPSA) is 24.5 Å². The number of methoxy groups -OCH3 is 1. The van der Waals surface area contributed by atoms with Gasteiger partial charge in [-0.2, -0.15) is 0 Å². The van der Waals surface area contributed by atoms with Crippen molar-refractivity contribution < 1.29 is 4.74 Å². The normalized spacial score (nSPS) is 17.0. The average molecular weight is 293 g/mol. The second-order valence-electron chi connectivity index (χ2n) is 4.74. The predicted molar refractivity (Wildman–Crippen MR) is 81.7 cm³/mol. The van der Waals surface area contributed by atoms with E-state index in [1.165, 1.54) is 11.3 Å². The second kappa shape index (κ2) is 7.72. The van der Waals surface area contributed by atoms with E-state index in [-0.39, 0.29) is 24.8 Å². The number of nitrogens with one attached hydrogen (secondary N) is 1. The Labute approximate surface area is 122 Å². The fraction of sp³-hybridized carbons (Fsp3) is 0.538. The molecule has 1 heterocycles. The molecule has 3 nitrogen and oxygen atoms in total. The van der Waals surface area contributed by atoms with Gasteiger partial charge in [-0.25, -0.2) is 0 Å². The molecule has 0 aliphatic carbocycles. The van der Waals surface area contributed by atoms with Gasteiger partial charge in [-0.3, -0.25) is 0 Å². The summed E-state index contributed by atoms with van der Waals surface area (Å²) in [6.45, 7) is 2.19. The van der Waals surface area contributed by atoms with E-state index in [4.69, 9.17) is 4.74 Å². The van der Waals surface area contributed by atoms with E-state index >= 15 is 0 Å². The van der Waals surface area contributed by atoms with Crippen molar-refractivity contribution in [3.05, 3.63) is 23.8 Å². The SMILES string of the molecule is COc1ccc2c(c1)NCC(CN(C)C)C2.Cl.Cl. The van der Waals surface area contributed by atoms with Gasteiger partial charge in [0.05, 0.1) is 7.11 Å². The highest BCUT2D eigenvalue weighted by Gasteiger charge is 2.18. The maximum atomic E-state index is 5.22. The van der Waals surface area contributed by atoms with Gasteiger partial charge in [0, 0.05) is 24.8 Å². The highest BCUT2D eigenvalue weighted by molar-refractivity contribution is 5.85. The highest BCUT2D eigenvalue weighted by Crippen LogP contribution is 2.28. The molecule has 1 aliphatic heterocycles. The van der Waals surface area contributed by atoms with Crippen molar-refractivity contribution in [1.29, 1.82) is 0 Å². The fourth-order valence-electron chi connectivity index (χ4n) is 2.31. The fourth-order valence-corrected chi connectivity index (χ4v) is 2.31. The van der Waals surface area contributed by atoms with Crippen LogP contribution >= 0.6 is 24.8 Å². The van der Waals surface area contributed by atoms with Gasteiger partial charge < -0.3 is 15.0 Å². The molecule has 0 saturated heterocycles. The Hall–Kier alpha value is -0.640. The molecule has 1 aliphatic rings. The van der Waals surface area contributed by atoms with E-state index < -0.39 is 0 Å². The zero-order valence-corrected chi connectivity index (χ0v) is 12.7. The molecule has 0 aromatic heterocycles. The van der Waals surface area contributed by atoms with Crippen LogP contribution < -0.4 is 10.1 Å². The number of ether oxygens (including phenoxy) is 1. The van der Waals surface area contributed by atoms with Gasteiger partial charge in [0.25, 0.3) is 0 Å². The molecule has 0 amide bonds. The zero-order valence-electron chi connectivity index (χ0n) is 11.1. The number of halogens is 2. The third-order valence-corrected chi connectivity index (χ3v) is 3.03. The Morgan fingerprint density at radius 2 is 2.06 bits per heavy atom. The maximum Gasteiger partial charge on any atom is 0.120 e. The molecule has 5 heteroatoms. The van der Waals surface area contributed by atoms with Crippen LogP contribution in [0.25, 0.3) is 0 Å². The number of fused-ring (bicyclic) bond motifs is 1. The number of hydrogen-bond donors (Lipinski definition) is 1. The van der Waals surface area contributed by atoms with Gasteiger partial charge in [-0.15, -0.1) is 24.8 Å². The standard InChI is InChI=1S/C13H20N2O.2ClH/c1-15(2)9-10-6-11-4-5-12(16-3)7-13(11)14-8-10;;/h4-5,7,10,14H,6,8-9H2,1-3H3;2*1H. The van der Waals surface area contributed by atoms with Crippen LogP contribution in [-0.4, -0.2) is 39.2 Å². The Bertz CT molecular complexity index is 372. The number of anilines is 1. The molecule has 0 bridgehead atoms. The van der Waals surface area contributed by atoms with Crippen LogP contribution in [0.1, 0.15) is 5.56 Å². The Kier molecular flexibility index (Phi) is 7.45. The van der Waals surface area contributed by atoms with Crippen molar-refractivity contribution >= 4 is 30.5 Å². The first kappa shape index (κ1) is 17.4. The van der Waals surface area contributed by atoms with E-state index in [0.717, 1.165) is 25.3 Å². The molecule has 1 atom stereocenters. The molecule has 0 fully saturated rings. The van der Waals surface area contributed by atoms with E-state index in [0.29, 0.717) is 5.92 Å². The molecule has 18 heavy (non-hydrogen) atoms. The molecule has 0 spiro atoms. The minimum Gasteiger partial charge on any atom is -0.497 e. The molecule has 1 N–H and O–H groups in total. The first-order valence-electron chi connectivity index (χ1n) is 5.74. The summed E-state index contributed by atoms with van der Waals surface area (Å²) in [6, 6.07) is 6.29. The third-order valence-electron chi connectivity index (χ3n) is 3.03. The lowest BCUT2D eigenvalue weighted by Gasteiger charge is -2.28. The van der Waals surface area contributed by atoms with E-state index in [2.05, 4.69) is 36.4 Å². The summed E-state index contributed by atoms with van der Waals surface area (Å²) in [5, 5.41) is 3.49. The van der Waals surface area contributed by atoms with E-state index in [1.807, 2.05) is 6.07 Å². The molecule has 1 aromatic carbocycles. The number of rotatable bonds is 3. The first-order valence-corrected chi connectivity index (χ1v) is 5.74. The van der Waals surface area contributed by atoms with Crippen LogP contribution in [0.5, 0.6) is 5.75 Å². The molecule has 1 aromatic rings. The number of nitrogens with zero attached hydrogens (tertiary/aromatic N) is 1. The van der Waals surface area contributed by atoms with Crippen LogP contribution in [0.2, 0.25) is 0 Å². The lowest BCUT2D eigenvalue weighted by atomic mass is 9.93. The van der Waals surface area contributed by atoms with Crippen LogP contribution in [0.3, 0.4) is 0 Å². The monoisotopic (exact) mass is 292 g/mol. The molecule has 1 unspecified atom stereocenters. The molecule has 0 saturated carbocycles. The first-order chi connectivity index (χ1) is 7.69. The number of hydrogen-bond acceptors (Lipinski definition) is 3. The third kappa shape index (κ3) is 4.23. The van der Waals surface area contributed by atoms with Crippen molar-refractivity contribution in [3.63, 3.8) is 0 Å². The summed E-state index contributed by atoms with van der Waals surface area (Å²) in [6.07, 6.45) is 1.16. The summed E-state index contributed by atoms with van der Waals surface area (Å²) in [4.78, 5) is 2.25. The Balaban J connectivity index is 0.00000144. The van der Waals surface area contributed by atoms with Gasteiger partial charge in [-0.1, -0.05) is 6.07 Å².